The lowest BCUT2D eigenvalue weighted by molar-refractivity contribution is -0.152. The average Bonchev–Trinajstić information content (AvgIpc) is 2.85. The van der Waals surface area contributed by atoms with E-state index in [0.717, 1.165) is 50.0 Å². The second-order valence-corrected chi connectivity index (χ2v) is 8.84. The number of esters is 1. The van der Waals surface area contributed by atoms with Crippen LogP contribution in [0, 0.1) is 11.7 Å². The van der Waals surface area contributed by atoms with Crippen LogP contribution in [-0.4, -0.2) is 40.7 Å². The van der Waals surface area contributed by atoms with E-state index in [1.165, 1.54) is 18.2 Å². The first kappa shape index (κ1) is 23.8. The van der Waals surface area contributed by atoms with Crippen molar-refractivity contribution in [2.75, 3.05) is 19.6 Å². The number of hydrogen-bond donors (Lipinski definition) is 2. The number of piperidine rings is 1. The fraction of sp³-hybridized carbons (Fsp3) is 0.321. The van der Waals surface area contributed by atoms with E-state index in [1.807, 2.05) is 42.5 Å². The van der Waals surface area contributed by atoms with Crippen molar-refractivity contribution in [3.63, 3.8) is 0 Å². The summed E-state index contributed by atoms with van der Waals surface area (Å²) in [7, 11) is 0. The van der Waals surface area contributed by atoms with Crippen molar-refractivity contribution in [3.8, 4) is 11.5 Å². The third kappa shape index (κ3) is 6.14. The summed E-state index contributed by atoms with van der Waals surface area (Å²) in [6, 6.07) is 20.8. The molecule has 6 heteroatoms. The Morgan fingerprint density at radius 2 is 1.65 bits per heavy atom. The molecule has 5 nitrogen and oxygen atoms in total. The van der Waals surface area contributed by atoms with Crippen molar-refractivity contribution in [3.05, 3.63) is 95.3 Å². The van der Waals surface area contributed by atoms with Gasteiger partial charge in [-0.05, 0) is 61.7 Å². The summed E-state index contributed by atoms with van der Waals surface area (Å²) in [5.74, 6) is -1.03. The van der Waals surface area contributed by atoms with Crippen molar-refractivity contribution >= 4 is 5.97 Å². The van der Waals surface area contributed by atoms with E-state index < -0.39 is 6.10 Å². The molecule has 34 heavy (non-hydrogen) atoms. The predicted molar refractivity (Wildman–Crippen MR) is 128 cm³/mol. The van der Waals surface area contributed by atoms with Gasteiger partial charge in [-0.25, -0.2) is 4.39 Å². The monoisotopic (exact) mass is 463 g/mol. The fourth-order valence-electron chi connectivity index (χ4n) is 4.56. The van der Waals surface area contributed by atoms with Gasteiger partial charge in [-0.3, -0.25) is 4.79 Å². The Morgan fingerprint density at radius 3 is 2.35 bits per heavy atom. The Balaban J connectivity index is 1.41. The number of rotatable bonds is 8. The van der Waals surface area contributed by atoms with Crippen LogP contribution in [0.2, 0.25) is 0 Å². The highest BCUT2D eigenvalue weighted by atomic mass is 19.1. The van der Waals surface area contributed by atoms with E-state index in [-0.39, 0.29) is 35.6 Å². The van der Waals surface area contributed by atoms with Crippen LogP contribution in [0.5, 0.6) is 11.5 Å². The van der Waals surface area contributed by atoms with Gasteiger partial charge < -0.3 is 19.8 Å². The Bertz CT molecular complexity index is 1080. The number of para-hydroxylation sites is 1. The molecule has 1 unspecified atom stereocenters. The lowest BCUT2D eigenvalue weighted by Gasteiger charge is -2.36. The summed E-state index contributed by atoms with van der Waals surface area (Å²) in [5, 5.41) is 20.5. The van der Waals surface area contributed by atoms with Crippen LogP contribution in [-0.2, 0) is 22.4 Å². The first-order valence-electron chi connectivity index (χ1n) is 11.7. The van der Waals surface area contributed by atoms with E-state index in [0.29, 0.717) is 5.56 Å². The lowest BCUT2D eigenvalue weighted by Crippen LogP contribution is -2.37. The molecule has 1 saturated heterocycles. The molecule has 2 N–H and O–H groups in total. The highest BCUT2D eigenvalue weighted by Crippen LogP contribution is 2.41. The van der Waals surface area contributed by atoms with E-state index in [1.54, 1.807) is 12.1 Å². The average molecular weight is 464 g/mol. The highest BCUT2D eigenvalue weighted by Gasteiger charge is 2.32. The summed E-state index contributed by atoms with van der Waals surface area (Å²) in [5.41, 5.74) is 2.40. The maximum Gasteiger partial charge on any atom is 0.310 e. The molecule has 1 aliphatic rings. The molecule has 3 aromatic carbocycles. The first-order valence-corrected chi connectivity index (χ1v) is 11.7. The van der Waals surface area contributed by atoms with E-state index in [2.05, 4.69) is 4.90 Å². The fourth-order valence-corrected chi connectivity index (χ4v) is 4.56. The molecule has 1 heterocycles. The Morgan fingerprint density at radius 1 is 0.941 bits per heavy atom. The molecular formula is C28H30FNO4. The smallest absolute Gasteiger partial charge is 0.310 e. The summed E-state index contributed by atoms with van der Waals surface area (Å²) in [6.45, 7) is 2.53. The third-order valence-corrected chi connectivity index (χ3v) is 6.49. The van der Waals surface area contributed by atoms with Crippen molar-refractivity contribution in [2.24, 2.45) is 5.92 Å². The Labute approximate surface area is 199 Å². The zero-order chi connectivity index (χ0) is 23.9. The van der Waals surface area contributed by atoms with Crippen LogP contribution in [0.3, 0.4) is 0 Å². The minimum absolute atomic E-state index is 0.0227. The van der Waals surface area contributed by atoms with E-state index in [9.17, 15) is 19.4 Å². The molecule has 0 aliphatic carbocycles. The number of phenols is 2. The first-order chi connectivity index (χ1) is 16.5. The number of hydrogen-bond acceptors (Lipinski definition) is 5. The minimum atomic E-state index is -0.637. The molecule has 0 bridgehead atoms. The van der Waals surface area contributed by atoms with Crippen LogP contribution in [0.25, 0.3) is 0 Å². The summed E-state index contributed by atoms with van der Waals surface area (Å²) >= 11 is 0. The van der Waals surface area contributed by atoms with Gasteiger partial charge in [-0.1, -0.05) is 54.6 Å². The predicted octanol–water partition coefficient (Wildman–Crippen LogP) is 5.02. The zero-order valence-electron chi connectivity index (χ0n) is 19.1. The highest BCUT2D eigenvalue weighted by molar-refractivity contribution is 5.73. The number of likely N-dealkylation sites (tertiary alicyclic amines) is 1. The summed E-state index contributed by atoms with van der Waals surface area (Å²) < 4.78 is 19.1. The number of carbonyl (C=O) groups excluding carboxylic acids is 1. The number of aromatic hydroxyl groups is 2. The number of ether oxygens (including phenoxy) is 1. The quantitative estimate of drug-likeness (QED) is 0.363. The maximum absolute atomic E-state index is 13.1. The third-order valence-electron chi connectivity index (χ3n) is 6.49. The number of nitrogens with zero attached hydrogens (tertiary/aromatic N) is 1. The van der Waals surface area contributed by atoms with Gasteiger partial charge in [0.15, 0.2) is 11.5 Å². The zero-order valence-corrected chi connectivity index (χ0v) is 19.1. The van der Waals surface area contributed by atoms with Crippen molar-refractivity contribution < 1.29 is 24.1 Å². The topological polar surface area (TPSA) is 70.0 Å². The Kier molecular flexibility index (Phi) is 7.80. The van der Waals surface area contributed by atoms with Gasteiger partial charge in [-0.15, -0.1) is 0 Å². The van der Waals surface area contributed by atoms with Gasteiger partial charge >= 0.3 is 5.97 Å². The molecule has 0 amide bonds. The number of phenolic OH excluding ortho intramolecular Hbond substituents is 2. The number of benzene rings is 3. The van der Waals surface area contributed by atoms with Gasteiger partial charge in [0.1, 0.15) is 11.9 Å². The maximum atomic E-state index is 13.1. The van der Waals surface area contributed by atoms with Crippen LogP contribution in [0.4, 0.5) is 4.39 Å². The summed E-state index contributed by atoms with van der Waals surface area (Å²) in [6.07, 6.45) is 1.94. The largest absolute Gasteiger partial charge is 0.504 e. The molecule has 0 radical (unpaired) electrons. The second-order valence-electron chi connectivity index (χ2n) is 8.84. The van der Waals surface area contributed by atoms with E-state index in [4.69, 9.17) is 4.74 Å². The summed E-state index contributed by atoms with van der Waals surface area (Å²) in [4.78, 5) is 15.1. The molecule has 0 spiro atoms. The normalized spacial score (nSPS) is 15.7. The van der Waals surface area contributed by atoms with E-state index >= 15 is 0 Å². The molecular weight excluding hydrogens is 433 g/mol. The molecule has 0 saturated carbocycles. The standard InChI is InChI=1S/C28H30FNO4/c29-23-11-9-20(10-12-23)13-16-30-17-14-22(15-18-30)28(24-7-4-8-25(31)27(24)33)34-26(32)19-21-5-2-1-3-6-21/h1-12,22,28,31,33H,13-19H2. The van der Waals surface area contributed by atoms with Gasteiger partial charge in [-0.2, -0.15) is 0 Å². The molecule has 1 aliphatic heterocycles. The second kappa shape index (κ2) is 11.2. The van der Waals surface area contributed by atoms with Crippen LogP contribution >= 0.6 is 0 Å². The van der Waals surface area contributed by atoms with Gasteiger partial charge in [0.25, 0.3) is 0 Å². The molecule has 1 atom stereocenters. The lowest BCUT2D eigenvalue weighted by atomic mass is 9.86. The van der Waals surface area contributed by atoms with Crippen LogP contribution in [0.15, 0.2) is 72.8 Å². The van der Waals surface area contributed by atoms with Gasteiger partial charge in [0.2, 0.25) is 0 Å². The minimum Gasteiger partial charge on any atom is -0.504 e. The molecule has 178 valence electrons. The molecule has 3 aromatic rings. The molecule has 0 aromatic heterocycles. The molecule has 1 fully saturated rings. The molecule has 4 rings (SSSR count). The van der Waals surface area contributed by atoms with Crippen molar-refractivity contribution in [2.45, 2.75) is 31.8 Å². The van der Waals surface area contributed by atoms with Crippen LogP contribution in [0.1, 0.15) is 35.6 Å². The van der Waals surface area contributed by atoms with Gasteiger partial charge in [0.05, 0.1) is 6.42 Å². The van der Waals surface area contributed by atoms with Crippen molar-refractivity contribution in [1.29, 1.82) is 0 Å². The number of carbonyl (C=O) groups is 1. The Hall–Kier alpha value is -3.38. The SMILES string of the molecule is O=C(Cc1ccccc1)OC(c1cccc(O)c1O)C1CCN(CCc2ccc(F)cc2)CC1. The van der Waals surface area contributed by atoms with Gasteiger partial charge in [0, 0.05) is 18.0 Å². The van der Waals surface area contributed by atoms with Crippen LogP contribution < -0.4 is 0 Å². The van der Waals surface area contributed by atoms with Crippen molar-refractivity contribution in [1.82, 2.24) is 4.90 Å². The number of halogens is 1.